The van der Waals surface area contributed by atoms with E-state index < -0.39 is 0 Å². The Hall–Kier alpha value is -1.91. The van der Waals surface area contributed by atoms with Crippen molar-refractivity contribution in [2.24, 2.45) is 0 Å². The van der Waals surface area contributed by atoms with Crippen molar-refractivity contribution in [3.63, 3.8) is 0 Å². The number of hydrogen-bond acceptors (Lipinski definition) is 6. The van der Waals surface area contributed by atoms with Crippen LogP contribution in [0, 0.1) is 18.3 Å². The van der Waals surface area contributed by atoms with Gasteiger partial charge in [0.2, 0.25) is 5.91 Å². The molecule has 2 heterocycles. The maximum absolute atomic E-state index is 11.7. The molecule has 0 fully saturated rings. The number of aromatic nitrogens is 2. The minimum absolute atomic E-state index is 0.158. The summed E-state index contributed by atoms with van der Waals surface area (Å²) in [7, 11) is 0. The number of anilines is 1. The first-order valence-electron chi connectivity index (χ1n) is 5.39. The number of carbonyl (C=O) groups is 1. The van der Waals surface area contributed by atoms with Crippen LogP contribution in [0.15, 0.2) is 29.6 Å². The second-order valence-electron chi connectivity index (χ2n) is 3.58. The number of aryl methyl sites for hydroxylation is 1. The third-order valence-electron chi connectivity index (χ3n) is 2.10. The zero-order valence-corrected chi connectivity index (χ0v) is 11.7. The average Bonchev–Trinajstić information content (AvgIpc) is 2.82. The number of nitriles is 1. The number of nitrogens with one attached hydrogen (secondary N) is 1. The highest BCUT2D eigenvalue weighted by Crippen LogP contribution is 2.20. The van der Waals surface area contributed by atoms with E-state index in [9.17, 15) is 4.79 Å². The van der Waals surface area contributed by atoms with Crippen molar-refractivity contribution in [1.29, 1.82) is 5.26 Å². The number of amides is 1. The van der Waals surface area contributed by atoms with E-state index >= 15 is 0 Å². The van der Waals surface area contributed by atoms with E-state index in [0.29, 0.717) is 15.7 Å². The zero-order valence-electron chi connectivity index (χ0n) is 10.1. The molecule has 2 aromatic heterocycles. The number of carbonyl (C=O) groups excluding carboxylic acids is 1. The van der Waals surface area contributed by atoms with E-state index in [-0.39, 0.29) is 11.7 Å². The second kappa shape index (κ2) is 6.31. The highest BCUT2D eigenvalue weighted by Gasteiger charge is 2.09. The Kier molecular flexibility index (Phi) is 4.49. The summed E-state index contributed by atoms with van der Waals surface area (Å²) in [4.78, 5) is 20.9. The Bertz CT molecular complexity index is 633. The predicted molar refractivity (Wildman–Crippen MR) is 75.2 cm³/mol. The number of hydrogen-bond donors (Lipinski definition) is 1. The standard InChI is InChI=1S/C12H10N4OS2/c1-8-6-15-12(19-8)16-10(17)7-18-11-9(5-13)3-2-4-14-11/h2-4,6H,7H2,1H3,(H,15,16,17). The van der Waals surface area contributed by atoms with Crippen LogP contribution in [0.5, 0.6) is 0 Å². The van der Waals surface area contributed by atoms with Gasteiger partial charge in [-0.25, -0.2) is 9.97 Å². The van der Waals surface area contributed by atoms with Crippen molar-refractivity contribution in [1.82, 2.24) is 9.97 Å². The molecule has 1 N–H and O–H groups in total. The Labute approximate surface area is 118 Å². The van der Waals surface area contributed by atoms with Gasteiger partial charge in [-0.1, -0.05) is 11.8 Å². The first-order valence-corrected chi connectivity index (χ1v) is 7.19. The van der Waals surface area contributed by atoms with Crippen LogP contribution in [0.4, 0.5) is 5.13 Å². The zero-order chi connectivity index (χ0) is 13.7. The molecule has 5 nitrogen and oxygen atoms in total. The van der Waals surface area contributed by atoms with Gasteiger partial charge >= 0.3 is 0 Å². The van der Waals surface area contributed by atoms with Gasteiger partial charge in [-0.15, -0.1) is 11.3 Å². The van der Waals surface area contributed by atoms with Crippen molar-refractivity contribution >= 4 is 34.1 Å². The molecule has 1 amide bonds. The summed E-state index contributed by atoms with van der Waals surface area (Å²) in [6.45, 7) is 1.93. The SMILES string of the molecule is Cc1cnc(NC(=O)CSc2ncccc2C#N)s1. The molecule has 96 valence electrons. The molecule has 0 unspecified atom stereocenters. The van der Waals surface area contributed by atoms with E-state index in [1.54, 1.807) is 24.5 Å². The first-order chi connectivity index (χ1) is 9.19. The second-order valence-corrected chi connectivity index (χ2v) is 5.78. The fraction of sp³-hybridized carbons (Fsp3) is 0.167. The van der Waals surface area contributed by atoms with Crippen LogP contribution in [0.3, 0.4) is 0 Å². The Morgan fingerprint density at radius 2 is 2.42 bits per heavy atom. The fourth-order valence-corrected chi connectivity index (χ4v) is 2.72. The van der Waals surface area contributed by atoms with Gasteiger partial charge in [-0.2, -0.15) is 5.26 Å². The van der Waals surface area contributed by atoms with E-state index in [0.717, 1.165) is 4.88 Å². The largest absolute Gasteiger partial charge is 0.301 e. The third-order valence-corrected chi connectivity index (χ3v) is 3.93. The molecule has 0 aliphatic carbocycles. The van der Waals surface area contributed by atoms with Crippen molar-refractivity contribution in [3.8, 4) is 6.07 Å². The highest BCUT2D eigenvalue weighted by molar-refractivity contribution is 8.00. The van der Waals surface area contributed by atoms with E-state index in [2.05, 4.69) is 15.3 Å². The number of rotatable bonds is 4. The minimum Gasteiger partial charge on any atom is -0.301 e. The molecule has 2 aromatic rings. The molecule has 7 heteroatoms. The van der Waals surface area contributed by atoms with Gasteiger partial charge in [-0.05, 0) is 19.1 Å². The Morgan fingerprint density at radius 3 is 3.11 bits per heavy atom. The quantitative estimate of drug-likeness (QED) is 0.875. The van der Waals surface area contributed by atoms with Crippen LogP contribution in [0.1, 0.15) is 10.4 Å². The molecule has 0 radical (unpaired) electrons. The summed E-state index contributed by atoms with van der Waals surface area (Å²) in [6, 6.07) is 5.42. The minimum atomic E-state index is -0.158. The van der Waals surface area contributed by atoms with Crippen molar-refractivity contribution < 1.29 is 4.79 Å². The lowest BCUT2D eigenvalue weighted by molar-refractivity contribution is -0.113. The smallest absolute Gasteiger partial charge is 0.236 e. The Morgan fingerprint density at radius 1 is 1.58 bits per heavy atom. The maximum Gasteiger partial charge on any atom is 0.236 e. The highest BCUT2D eigenvalue weighted by atomic mass is 32.2. The summed E-state index contributed by atoms with van der Waals surface area (Å²) in [5.41, 5.74) is 0.477. The van der Waals surface area contributed by atoms with Crippen LogP contribution < -0.4 is 5.32 Å². The van der Waals surface area contributed by atoms with Gasteiger partial charge in [-0.3, -0.25) is 4.79 Å². The van der Waals surface area contributed by atoms with E-state index in [1.807, 2.05) is 13.0 Å². The molecule has 0 aromatic carbocycles. The van der Waals surface area contributed by atoms with Crippen LogP contribution in [0.25, 0.3) is 0 Å². The van der Waals surface area contributed by atoms with Gasteiger partial charge in [0.25, 0.3) is 0 Å². The lowest BCUT2D eigenvalue weighted by Crippen LogP contribution is -2.13. The summed E-state index contributed by atoms with van der Waals surface area (Å²) >= 11 is 2.66. The molecule has 2 rings (SSSR count). The summed E-state index contributed by atoms with van der Waals surface area (Å²) in [5.74, 6) is 0.0403. The topological polar surface area (TPSA) is 78.7 Å². The van der Waals surface area contributed by atoms with Crippen LogP contribution in [0.2, 0.25) is 0 Å². The lowest BCUT2D eigenvalue weighted by atomic mass is 10.3. The van der Waals surface area contributed by atoms with Gasteiger partial charge < -0.3 is 5.32 Å². The summed E-state index contributed by atoms with van der Waals surface area (Å²) in [5, 5.41) is 12.8. The van der Waals surface area contributed by atoms with Crippen molar-refractivity contribution in [2.75, 3.05) is 11.1 Å². The van der Waals surface area contributed by atoms with Crippen molar-refractivity contribution in [3.05, 3.63) is 35.0 Å². The van der Waals surface area contributed by atoms with Crippen LogP contribution in [-0.4, -0.2) is 21.6 Å². The fourth-order valence-electron chi connectivity index (χ4n) is 1.29. The van der Waals surface area contributed by atoms with Gasteiger partial charge in [0.1, 0.15) is 11.1 Å². The van der Waals surface area contributed by atoms with Crippen LogP contribution >= 0.6 is 23.1 Å². The van der Waals surface area contributed by atoms with Gasteiger partial charge in [0, 0.05) is 17.3 Å². The third kappa shape index (κ3) is 3.77. The average molecular weight is 290 g/mol. The van der Waals surface area contributed by atoms with Crippen LogP contribution in [-0.2, 0) is 4.79 Å². The molecule has 0 aliphatic rings. The molecule has 0 aliphatic heterocycles. The number of thioether (sulfide) groups is 1. The molecule has 0 saturated heterocycles. The molecule has 19 heavy (non-hydrogen) atoms. The lowest BCUT2D eigenvalue weighted by Gasteiger charge is -2.02. The molecule has 0 bridgehead atoms. The summed E-state index contributed by atoms with van der Waals surface area (Å²) in [6.07, 6.45) is 3.31. The molecule has 0 saturated carbocycles. The molecular formula is C12H10N4OS2. The van der Waals surface area contributed by atoms with Gasteiger partial charge in [0.05, 0.1) is 11.3 Å². The van der Waals surface area contributed by atoms with Gasteiger partial charge in [0.15, 0.2) is 5.13 Å². The number of thiazole rings is 1. The van der Waals surface area contributed by atoms with Crippen molar-refractivity contribution in [2.45, 2.75) is 11.9 Å². The maximum atomic E-state index is 11.7. The molecular weight excluding hydrogens is 280 g/mol. The van der Waals surface area contributed by atoms with E-state index in [1.165, 1.54) is 23.1 Å². The summed E-state index contributed by atoms with van der Waals surface area (Å²) < 4.78 is 0. The number of pyridine rings is 1. The first kappa shape index (κ1) is 13.5. The molecule has 0 atom stereocenters. The molecule has 0 spiro atoms. The van der Waals surface area contributed by atoms with E-state index in [4.69, 9.17) is 5.26 Å². The monoisotopic (exact) mass is 290 g/mol. The predicted octanol–water partition coefficient (Wildman–Crippen LogP) is 2.45. The normalized spacial score (nSPS) is 9.89. The Balaban J connectivity index is 1.92. The number of nitrogens with zero attached hydrogens (tertiary/aromatic N) is 3.